The minimum atomic E-state index is 0.673. The maximum atomic E-state index is 6.05. The van der Waals surface area contributed by atoms with Crippen LogP contribution in [0.1, 0.15) is 25.3 Å². The minimum absolute atomic E-state index is 0.673. The highest BCUT2D eigenvalue weighted by molar-refractivity contribution is 6.31. The van der Waals surface area contributed by atoms with Crippen LogP contribution in [0.2, 0.25) is 5.02 Å². The third-order valence-corrected chi connectivity index (χ3v) is 4.40. The molecule has 0 saturated carbocycles. The molecule has 2 heterocycles. The first kappa shape index (κ1) is 13.9. The van der Waals surface area contributed by atoms with Crippen molar-refractivity contribution in [2.75, 3.05) is 19.6 Å². The first-order valence-electron chi connectivity index (χ1n) is 7.48. The van der Waals surface area contributed by atoms with Crippen LogP contribution in [-0.2, 0) is 6.54 Å². The van der Waals surface area contributed by atoms with Crippen molar-refractivity contribution in [3.8, 4) is 0 Å². The molecule has 3 rings (SSSR count). The lowest BCUT2D eigenvalue weighted by molar-refractivity contribution is 0.200. The number of hydrogen-bond acceptors (Lipinski definition) is 2. The number of H-pyrrole nitrogens is 1. The molecule has 1 aromatic heterocycles. The molecule has 0 bridgehead atoms. The number of aromatic nitrogens is 1. The van der Waals surface area contributed by atoms with Crippen LogP contribution in [-0.4, -0.2) is 35.6 Å². The molecule has 108 valence electrons. The zero-order valence-electron chi connectivity index (χ0n) is 12.0. The lowest BCUT2D eigenvalue weighted by Gasteiger charge is -2.27. The van der Waals surface area contributed by atoms with E-state index in [2.05, 4.69) is 34.4 Å². The molecular weight excluding hydrogens is 270 g/mol. The molecule has 0 radical (unpaired) electrons. The van der Waals surface area contributed by atoms with E-state index in [1.807, 2.05) is 12.1 Å². The van der Waals surface area contributed by atoms with Gasteiger partial charge in [-0.15, -0.1) is 0 Å². The number of fused-ring (bicyclic) bond motifs is 1. The highest BCUT2D eigenvalue weighted by Gasteiger charge is 2.22. The van der Waals surface area contributed by atoms with Crippen LogP contribution in [0.5, 0.6) is 0 Å². The maximum absolute atomic E-state index is 6.05. The quantitative estimate of drug-likeness (QED) is 0.885. The van der Waals surface area contributed by atoms with Crippen LogP contribution in [0.3, 0.4) is 0 Å². The van der Waals surface area contributed by atoms with E-state index in [1.165, 1.54) is 23.8 Å². The van der Waals surface area contributed by atoms with Gasteiger partial charge in [-0.2, -0.15) is 0 Å². The van der Waals surface area contributed by atoms with Crippen molar-refractivity contribution in [2.45, 2.75) is 32.4 Å². The number of halogens is 1. The zero-order chi connectivity index (χ0) is 13.9. The molecule has 2 aromatic rings. The van der Waals surface area contributed by atoms with Crippen LogP contribution >= 0.6 is 11.6 Å². The number of rotatable bonds is 5. The molecule has 3 nitrogen and oxygen atoms in total. The monoisotopic (exact) mass is 291 g/mol. The average Bonchev–Trinajstić information content (AvgIpc) is 3.07. The fourth-order valence-electron chi connectivity index (χ4n) is 3.14. The summed E-state index contributed by atoms with van der Waals surface area (Å²) in [6.45, 7) is 6.70. The lowest BCUT2D eigenvalue weighted by Crippen LogP contribution is -2.36. The van der Waals surface area contributed by atoms with Gasteiger partial charge in [-0.3, -0.25) is 4.90 Å². The molecule has 1 atom stereocenters. The van der Waals surface area contributed by atoms with E-state index < -0.39 is 0 Å². The normalized spacial score (nSPS) is 19.2. The van der Waals surface area contributed by atoms with Gasteiger partial charge < -0.3 is 10.3 Å². The van der Waals surface area contributed by atoms with Crippen LogP contribution in [0.15, 0.2) is 24.4 Å². The lowest BCUT2D eigenvalue weighted by atomic mass is 10.1. The zero-order valence-corrected chi connectivity index (χ0v) is 12.7. The number of aromatic amines is 1. The van der Waals surface area contributed by atoms with Gasteiger partial charge in [-0.1, -0.05) is 24.6 Å². The summed E-state index contributed by atoms with van der Waals surface area (Å²) in [4.78, 5) is 5.95. The van der Waals surface area contributed by atoms with Crippen molar-refractivity contribution >= 4 is 22.5 Å². The van der Waals surface area contributed by atoms with E-state index in [4.69, 9.17) is 11.6 Å². The van der Waals surface area contributed by atoms with Gasteiger partial charge in [-0.05, 0) is 43.6 Å². The van der Waals surface area contributed by atoms with Gasteiger partial charge in [0.1, 0.15) is 0 Å². The van der Waals surface area contributed by atoms with Crippen molar-refractivity contribution in [2.24, 2.45) is 0 Å². The van der Waals surface area contributed by atoms with Crippen molar-refractivity contribution in [3.05, 3.63) is 35.0 Å². The number of hydrogen-bond donors (Lipinski definition) is 2. The predicted molar refractivity (Wildman–Crippen MR) is 85.3 cm³/mol. The molecule has 4 heteroatoms. The second-order valence-electron chi connectivity index (χ2n) is 5.62. The van der Waals surface area contributed by atoms with Crippen LogP contribution < -0.4 is 5.32 Å². The van der Waals surface area contributed by atoms with Crippen LogP contribution in [0.25, 0.3) is 10.9 Å². The summed E-state index contributed by atoms with van der Waals surface area (Å²) in [6.07, 6.45) is 4.59. The van der Waals surface area contributed by atoms with Crippen molar-refractivity contribution < 1.29 is 0 Å². The second kappa shape index (κ2) is 6.17. The summed E-state index contributed by atoms with van der Waals surface area (Å²) in [5.41, 5.74) is 2.51. The van der Waals surface area contributed by atoms with E-state index in [1.54, 1.807) is 0 Å². The van der Waals surface area contributed by atoms with E-state index in [0.717, 1.165) is 36.7 Å². The molecule has 1 saturated heterocycles. The smallest absolute Gasteiger partial charge is 0.0472 e. The van der Waals surface area contributed by atoms with Crippen LogP contribution in [0.4, 0.5) is 0 Å². The summed E-state index contributed by atoms with van der Waals surface area (Å²) in [5.74, 6) is 0. The van der Waals surface area contributed by atoms with Crippen molar-refractivity contribution in [3.63, 3.8) is 0 Å². The largest absolute Gasteiger partial charge is 0.361 e. The molecule has 20 heavy (non-hydrogen) atoms. The second-order valence-corrected chi connectivity index (χ2v) is 6.06. The summed E-state index contributed by atoms with van der Waals surface area (Å²) < 4.78 is 0. The van der Waals surface area contributed by atoms with Gasteiger partial charge in [0, 0.05) is 41.3 Å². The molecule has 2 N–H and O–H groups in total. The van der Waals surface area contributed by atoms with E-state index in [0.29, 0.717) is 6.04 Å². The van der Waals surface area contributed by atoms with E-state index in [-0.39, 0.29) is 0 Å². The third-order valence-electron chi connectivity index (χ3n) is 4.16. The topological polar surface area (TPSA) is 31.1 Å². The Balaban J connectivity index is 1.82. The van der Waals surface area contributed by atoms with Gasteiger partial charge in [0.25, 0.3) is 0 Å². The average molecular weight is 292 g/mol. The SMILES string of the molecule is CCCN(Cc1c[nH]c2cc(Cl)ccc12)C1CCNC1. The van der Waals surface area contributed by atoms with Gasteiger partial charge in [-0.25, -0.2) is 0 Å². The first-order valence-corrected chi connectivity index (χ1v) is 7.86. The first-order chi connectivity index (χ1) is 9.78. The molecule has 0 amide bonds. The summed E-state index contributed by atoms with van der Waals surface area (Å²) in [7, 11) is 0. The number of nitrogens with zero attached hydrogens (tertiary/aromatic N) is 1. The Morgan fingerprint density at radius 1 is 1.40 bits per heavy atom. The molecule has 1 aliphatic heterocycles. The molecule has 1 aliphatic rings. The van der Waals surface area contributed by atoms with E-state index >= 15 is 0 Å². The molecule has 0 spiro atoms. The summed E-state index contributed by atoms with van der Waals surface area (Å²) in [6, 6.07) is 6.78. The Morgan fingerprint density at radius 3 is 3.05 bits per heavy atom. The minimum Gasteiger partial charge on any atom is -0.361 e. The Labute approximate surface area is 125 Å². The highest BCUT2D eigenvalue weighted by atomic mass is 35.5. The predicted octanol–water partition coefficient (Wildman–Crippen LogP) is 3.40. The molecule has 1 unspecified atom stereocenters. The number of benzene rings is 1. The van der Waals surface area contributed by atoms with Crippen molar-refractivity contribution in [1.82, 2.24) is 15.2 Å². The molecule has 1 fully saturated rings. The fraction of sp³-hybridized carbons (Fsp3) is 0.500. The Hall–Kier alpha value is -1.03. The Kier molecular flexibility index (Phi) is 4.29. The van der Waals surface area contributed by atoms with Gasteiger partial charge in [0.15, 0.2) is 0 Å². The van der Waals surface area contributed by atoms with Gasteiger partial charge in [0.2, 0.25) is 0 Å². The molecule has 1 aromatic carbocycles. The van der Waals surface area contributed by atoms with Crippen LogP contribution in [0, 0.1) is 0 Å². The molecular formula is C16H22ClN3. The van der Waals surface area contributed by atoms with Gasteiger partial charge >= 0.3 is 0 Å². The Bertz CT molecular complexity index is 572. The summed E-state index contributed by atoms with van der Waals surface area (Å²) >= 11 is 6.05. The Morgan fingerprint density at radius 2 is 2.30 bits per heavy atom. The van der Waals surface area contributed by atoms with Gasteiger partial charge in [0.05, 0.1) is 0 Å². The number of nitrogens with one attached hydrogen (secondary N) is 2. The fourth-order valence-corrected chi connectivity index (χ4v) is 3.31. The third kappa shape index (κ3) is 2.85. The molecule has 0 aliphatic carbocycles. The standard InChI is InChI=1S/C16H22ClN3/c1-2-7-20(14-5-6-18-10-14)11-12-9-19-16-8-13(17)3-4-15(12)16/h3-4,8-9,14,18-19H,2,5-7,10-11H2,1H3. The maximum Gasteiger partial charge on any atom is 0.0472 e. The van der Waals surface area contributed by atoms with E-state index in [9.17, 15) is 0 Å². The van der Waals surface area contributed by atoms with Crippen molar-refractivity contribution in [1.29, 1.82) is 0 Å². The summed E-state index contributed by atoms with van der Waals surface area (Å²) in [5, 5.41) is 5.55. The highest BCUT2D eigenvalue weighted by Crippen LogP contribution is 2.24.